The number of fused-ring (bicyclic) bond motifs is 10. The van der Waals surface area contributed by atoms with Crippen molar-refractivity contribution in [2.45, 2.75) is 258 Å². The van der Waals surface area contributed by atoms with E-state index >= 15 is 0 Å². The minimum absolute atomic E-state index is 0.0566. The van der Waals surface area contributed by atoms with Gasteiger partial charge in [0.1, 0.15) is 24.6 Å². The van der Waals surface area contributed by atoms with Crippen molar-refractivity contribution in [3.63, 3.8) is 0 Å². The van der Waals surface area contributed by atoms with E-state index in [4.69, 9.17) is 52.1 Å². The first-order valence-corrected chi connectivity index (χ1v) is 24.7. The summed E-state index contributed by atoms with van der Waals surface area (Å²) >= 11 is 0. The SMILES string of the molecule is C=C(C=O)C[C@@H]1C[C@H](C)[C@]2(C)O[C@@H]3C[C@@H]4O[C@@H]5C[C@]6(C)O[C@]7(C)CC[C@@H]8O[C@@H]9C[C@]%10(C)O[C@@H]%11C(C)=CC(=O)OC%11CC%10OC9C[C@@H](C)C8OC7CC6O[C@@]5(C)C/C=C\C4OC3CC2O1. The third kappa shape index (κ3) is 7.39. The largest absolute Gasteiger partial charge is 0.456 e. The maximum atomic E-state index is 12.3. The van der Waals surface area contributed by atoms with Crippen molar-refractivity contribution in [3.8, 4) is 0 Å². The zero-order chi connectivity index (χ0) is 44.7. The van der Waals surface area contributed by atoms with Gasteiger partial charge < -0.3 is 52.1 Å². The van der Waals surface area contributed by atoms with Crippen LogP contribution in [0.3, 0.4) is 0 Å². The second-order valence-electron chi connectivity index (χ2n) is 23.1. The molecule has 23 atom stereocenters. The van der Waals surface area contributed by atoms with Crippen molar-refractivity contribution in [2.24, 2.45) is 11.8 Å². The normalized spacial score (nSPS) is 56.9. The van der Waals surface area contributed by atoms with Gasteiger partial charge in [0.25, 0.3) is 0 Å². The van der Waals surface area contributed by atoms with Crippen LogP contribution in [0.2, 0.25) is 0 Å². The van der Waals surface area contributed by atoms with Gasteiger partial charge in [0.05, 0.1) is 107 Å². The molecular formula is C51H72O13. The molecule has 0 spiro atoms. The first kappa shape index (κ1) is 44.5. The molecule has 0 N–H and O–H groups in total. The van der Waals surface area contributed by atoms with Crippen molar-refractivity contribution in [2.75, 3.05) is 0 Å². The van der Waals surface area contributed by atoms with Gasteiger partial charge in [-0.05, 0) is 96.6 Å². The first-order chi connectivity index (χ1) is 30.4. The summed E-state index contributed by atoms with van der Waals surface area (Å²) in [6.45, 7) is 21.3. The number of hydrogen-bond donors (Lipinski definition) is 0. The van der Waals surface area contributed by atoms with Crippen LogP contribution >= 0.6 is 0 Å². The standard InChI is InChI=1S/C51H72O13/c1-26(25-52)15-30-18-29(4)51(9)42(54-30)20-35-36(61-51)19-34-31(55-35)11-10-13-47(5)43(58-34)24-50(8)41(62-47)22-40-48(6,64-50)14-12-32-45(60-40)27(2)16-33-38(56-32)23-49(7)39(57-33)21-37-46(63-49)28(3)17-44(53)59-37/h10-11,17,25,27,29-43,45-46H,1,12-16,18-24H2,2-9H3/b11-10-/t27-,29+,30-,31?,32+,33?,34+,35?,36-,37?,38-,39?,40?,41?,42?,43-,45?,46-,47+,48-,49+,50+,51+/m1/s1. The highest BCUT2D eigenvalue weighted by atomic mass is 16.7. The Labute approximate surface area is 378 Å². The molecule has 9 unspecified atom stereocenters. The molecule has 9 fully saturated rings. The molecule has 13 heteroatoms. The lowest BCUT2D eigenvalue weighted by Gasteiger charge is -2.61. The van der Waals surface area contributed by atoms with Gasteiger partial charge in [0, 0.05) is 51.0 Å². The second-order valence-corrected chi connectivity index (χ2v) is 23.1. The first-order valence-electron chi connectivity index (χ1n) is 24.7. The van der Waals surface area contributed by atoms with E-state index in [0.29, 0.717) is 44.1 Å². The number of rotatable bonds is 3. The topological polar surface area (TPSA) is 136 Å². The molecule has 11 rings (SSSR count). The Morgan fingerprint density at radius 2 is 1.47 bits per heavy atom. The number of esters is 1. The summed E-state index contributed by atoms with van der Waals surface area (Å²) in [7, 11) is 0. The summed E-state index contributed by atoms with van der Waals surface area (Å²) in [5.41, 5.74) is -1.29. The van der Waals surface area contributed by atoms with Gasteiger partial charge in [-0.25, -0.2) is 4.79 Å². The van der Waals surface area contributed by atoms with Crippen LogP contribution < -0.4 is 0 Å². The van der Waals surface area contributed by atoms with Gasteiger partial charge in [-0.15, -0.1) is 0 Å². The molecule has 0 aliphatic carbocycles. The van der Waals surface area contributed by atoms with Crippen molar-refractivity contribution >= 4 is 12.3 Å². The van der Waals surface area contributed by atoms with Gasteiger partial charge in [-0.1, -0.05) is 32.6 Å². The lowest BCUT2D eigenvalue weighted by molar-refractivity contribution is -0.355. The summed E-state index contributed by atoms with van der Waals surface area (Å²) < 4.78 is 76.3. The molecule has 11 aliphatic rings. The van der Waals surface area contributed by atoms with Crippen LogP contribution in [-0.2, 0) is 61.7 Å². The molecule has 64 heavy (non-hydrogen) atoms. The molecule has 11 heterocycles. The lowest BCUT2D eigenvalue weighted by atomic mass is 9.72. The number of carbonyl (C=O) groups is 2. The fourth-order valence-electron chi connectivity index (χ4n) is 14.3. The Morgan fingerprint density at radius 3 is 2.28 bits per heavy atom. The van der Waals surface area contributed by atoms with Crippen LogP contribution in [0.5, 0.6) is 0 Å². The predicted molar refractivity (Wildman–Crippen MR) is 231 cm³/mol. The summed E-state index contributed by atoms with van der Waals surface area (Å²) in [6.07, 6.45) is 12.6. The van der Waals surface area contributed by atoms with E-state index < -0.39 is 28.0 Å². The number of carbonyl (C=O) groups excluding carboxylic acids is 2. The molecule has 354 valence electrons. The van der Waals surface area contributed by atoms with Crippen molar-refractivity contribution in [3.05, 3.63) is 36.0 Å². The molecule has 0 radical (unpaired) electrons. The zero-order valence-corrected chi connectivity index (χ0v) is 39.2. The monoisotopic (exact) mass is 892 g/mol. The molecule has 9 saturated heterocycles. The molecule has 0 aromatic carbocycles. The summed E-state index contributed by atoms with van der Waals surface area (Å²) in [6, 6.07) is 0. The Morgan fingerprint density at radius 1 is 0.703 bits per heavy atom. The van der Waals surface area contributed by atoms with Crippen molar-refractivity contribution in [1.29, 1.82) is 0 Å². The Balaban J connectivity index is 0.776. The highest BCUT2D eigenvalue weighted by Crippen LogP contribution is 2.55. The fourth-order valence-corrected chi connectivity index (χ4v) is 14.3. The predicted octanol–water partition coefficient (Wildman–Crippen LogP) is 6.75. The van der Waals surface area contributed by atoms with Crippen LogP contribution in [0.1, 0.15) is 132 Å². The molecule has 13 nitrogen and oxygen atoms in total. The summed E-state index contributed by atoms with van der Waals surface area (Å²) in [4.78, 5) is 23.6. The van der Waals surface area contributed by atoms with Gasteiger partial charge in [0.15, 0.2) is 0 Å². The zero-order valence-electron chi connectivity index (χ0n) is 39.2. The van der Waals surface area contributed by atoms with E-state index in [1.54, 1.807) is 6.08 Å². The van der Waals surface area contributed by atoms with Gasteiger partial charge >= 0.3 is 5.97 Å². The van der Waals surface area contributed by atoms with E-state index in [0.717, 1.165) is 50.4 Å². The number of hydrogen-bond acceptors (Lipinski definition) is 13. The average Bonchev–Trinajstić information content (AvgIpc) is 3.43. The minimum Gasteiger partial charge on any atom is -0.456 e. The molecule has 11 aliphatic heterocycles. The third-order valence-electron chi connectivity index (χ3n) is 18.2. The molecular weight excluding hydrogens is 821 g/mol. The number of aldehydes is 1. The molecule has 0 bridgehead atoms. The molecule has 0 aromatic heterocycles. The van der Waals surface area contributed by atoms with Gasteiger partial charge in [0.2, 0.25) is 0 Å². The highest BCUT2D eigenvalue weighted by molar-refractivity contribution is 5.84. The fraction of sp³-hybridized carbons (Fsp3) is 0.843. The van der Waals surface area contributed by atoms with Crippen LogP contribution in [0.15, 0.2) is 36.0 Å². The number of ether oxygens (including phenoxy) is 11. The van der Waals surface area contributed by atoms with Crippen LogP contribution in [0.4, 0.5) is 0 Å². The Kier molecular flexibility index (Phi) is 10.9. The van der Waals surface area contributed by atoms with Crippen molar-refractivity contribution < 1.29 is 61.7 Å². The Hall–Kier alpha value is -2.04. The summed E-state index contributed by atoms with van der Waals surface area (Å²) in [5, 5.41) is 0. The van der Waals surface area contributed by atoms with E-state index in [2.05, 4.69) is 67.2 Å². The van der Waals surface area contributed by atoms with E-state index in [1.807, 2.05) is 6.92 Å². The van der Waals surface area contributed by atoms with Gasteiger partial charge in [-0.2, -0.15) is 0 Å². The highest BCUT2D eigenvalue weighted by Gasteiger charge is 2.64. The van der Waals surface area contributed by atoms with E-state index in [-0.39, 0.29) is 115 Å². The average molecular weight is 893 g/mol. The lowest BCUT2D eigenvalue weighted by Crippen LogP contribution is -2.70. The second kappa shape index (κ2) is 15.8. The summed E-state index contributed by atoms with van der Waals surface area (Å²) in [5.74, 6) is 0.113. The molecule has 0 saturated carbocycles. The van der Waals surface area contributed by atoms with Crippen LogP contribution in [0.25, 0.3) is 0 Å². The minimum atomic E-state index is -0.598. The van der Waals surface area contributed by atoms with E-state index in [1.165, 1.54) is 0 Å². The quantitative estimate of drug-likeness (QED) is 0.128. The van der Waals surface area contributed by atoms with E-state index in [9.17, 15) is 9.59 Å². The Bertz CT molecular complexity index is 1940. The van der Waals surface area contributed by atoms with Crippen LogP contribution in [0, 0.1) is 11.8 Å². The maximum absolute atomic E-state index is 12.3. The molecule has 0 amide bonds. The van der Waals surface area contributed by atoms with Crippen molar-refractivity contribution in [1.82, 2.24) is 0 Å². The smallest absolute Gasteiger partial charge is 0.331 e. The van der Waals surface area contributed by atoms with Crippen LogP contribution in [-0.4, -0.2) is 138 Å². The molecule has 0 aromatic rings. The maximum Gasteiger partial charge on any atom is 0.331 e. The van der Waals surface area contributed by atoms with Gasteiger partial charge in [-0.3, -0.25) is 4.79 Å². The third-order valence-corrected chi connectivity index (χ3v) is 18.2.